The summed E-state index contributed by atoms with van der Waals surface area (Å²) in [7, 11) is 0. The van der Waals surface area contributed by atoms with Crippen molar-refractivity contribution in [2.75, 3.05) is 11.5 Å². The van der Waals surface area contributed by atoms with Gasteiger partial charge < -0.3 is 9.84 Å². The summed E-state index contributed by atoms with van der Waals surface area (Å²) >= 11 is 0. The Labute approximate surface area is 270 Å². The van der Waals surface area contributed by atoms with Gasteiger partial charge in [-0.15, -0.1) is 0 Å². The molecule has 0 radical (unpaired) electrons. The van der Waals surface area contributed by atoms with Crippen molar-refractivity contribution in [1.82, 2.24) is 0 Å². The number of amides is 2. The lowest BCUT2D eigenvalue weighted by atomic mass is 9.68. The second-order valence-corrected chi connectivity index (χ2v) is 12.9. The fraction of sp³-hybridized carbons (Fsp3) is 0.500. The van der Waals surface area contributed by atoms with Crippen LogP contribution in [0, 0.1) is 31.6 Å². The van der Waals surface area contributed by atoms with Gasteiger partial charge in [0, 0.05) is 5.92 Å². The Bertz CT molecular complexity index is 1570. The molecule has 2 heterocycles. The number of imide groups is 1. The van der Waals surface area contributed by atoms with E-state index in [0.717, 1.165) is 47.1 Å². The van der Waals surface area contributed by atoms with Crippen LogP contribution >= 0.6 is 0 Å². The Morgan fingerprint density at radius 1 is 0.894 bits per heavy atom. The number of anilines is 1. The Hall–Kier alpha value is -3.60. The van der Waals surface area contributed by atoms with Gasteiger partial charge in [-0.1, -0.05) is 43.9 Å². The molecule has 4 atom stereocenters. The normalized spacial score (nSPS) is 23.5. The van der Waals surface area contributed by atoms with Gasteiger partial charge in [0.25, 0.3) is 0 Å². The highest BCUT2D eigenvalue weighted by Crippen LogP contribution is 2.52. The maximum atomic E-state index is 13.9. The zero-order valence-corrected chi connectivity index (χ0v) is 26.8. The van der Waals surface area contributed by atoms with E-state index in [1.807, 2.05) is 32.9 Å². The summed E-state index contributed by atoms with van der Waals surface area (Å²) in [5, 5.41) is 10.2. The fourth-order valence-electron chi connectivity index (χ4n) is 7.55. The molecule has 0 aromatic heterocycles. The van der Waals surface area contributed by atoms with Crippen LogP contribution in [0.15, 0.2) is 47.1 Å². The van der Waals surface area contributed by atoms with Gasteiger partial charge in [0.1, 0.15) is 5.75 Å². The number of phenolic OH excluding ortho intramolecular Hbond substituents is 1. The molecule has 11 heteroatoms. The van der Waals surface area contributed by atoms with Crippen molar-refractivity contribution in [3.8, 4) is 5.75 Å². The van der Waals surface area contributed by atoms with Crippen LogP contribution in [0.5, 0.6) is 5.75 Å². The van der Waals surface area contributed by atoms with Gasteiger partial charge in [-0.25, -0.2) is 4.90 Å². The van der Waals surface area contributed by atoms with Gasteiger partial charge in [0.05, 0.1) is 41.4 Å². The third kappa shape index (κ3) is 6.87. The molecule has 2 aromatic carbocycles. The van der Waals surface area contributed by atoms with Crippen molar-refractivity contribution in [3.05, 3.63) is 74.9 Å². The summed E-state index contributed by atoms with van der Waals surface area (Å²) in [6.45, 7) is 7.91. The number of fused-ring (bicyclic) bond motifs is 3. The third-order valence-electron chi connectivity index (χ3n) is 9.57. The zero-order valence-electron chi connectivity index (χ0n) is 26.8. The molecule has 1 aliphatic carbocycles. The van der Waals surface area contributed by atoms with Crippen LogP contribution in [0.2, 0.25) is 0 Å². The van der Waals surface area contributed by atoms with Gasteiger partial charge >= 0.3 is 12.4 Å². The Morgan fingerprint density at radius 2 is 1.51 bits per heavy atom. The first-order valence-corrected chi connectivity index (χ1v) is 16.0. The lowest BCUT2D eigenvalue weighted by molar-refractivity contribution is -0.143. The quantitative estimate of drug-likeness (QED) is 0.165. The summed E-state index contributed by atoms with van der Waals surface area (Å²) in [6, 6.07) is 4.73. The van der Waals surface area contributed by atoms with Crippen molar-refractivity contribution in [3.63, 3.8) is 0 Å². The van der Waals surface area contributed by atoms with Crippen molar-refractivity contribution in [1.29, 1.82) is 0 Å². The molecule has 3 aliphatic rings. The molecule has 2 aromatic rings. The number of benzene rings is 2. The van der Waals surface area contributed by atoms with Gasteiger partial charge in [0.2, 0.25) is 11.8 Å². The minimum absolute atomic E-state index is 0.0127. The highest BCUT2D eigenvalue weighted by Gasteiger charge is 2.57. The molecule has 0 bridgehead atoms. The number of carbonyl (C=O) groups is 2. The molecule has 5 nitrogen and oxygen atoms in total. The number of nitrogens with zero attached hydrogens (tertiary/aromatic N) is 1. The first-order chi connectivity index (χ1) is 22.0. The van der Waals surface area contributed by atoms with Crippen LogP contribution < -0.4 is 4.90 Å². The maximum Gasteiger partial charge on any atom is 0.416 e. The van der Waals surface area contributed by atoms with E-state index in [0.29, 0.717) is 36.3 Å². The third-order valence-corrected chi connectivity index (χ3v) is 9.57. The summed E-state index contributed by atoms with van der Waals surface area (Å²) in [6.07, 6.45) is -3.75. The predicted molar refractivity (Wildman–Crippen MR) is 165 cm³/mol. The number of alkyl halides is 6. The molecular formula is C36H39F6NO4. The van der Waals surface area contributed by atoms with Crippen LogP contribution in [0.25, 0.3) is 6.08 Å². The molecule has 2 saturated heterocycles. The van der Waals surface area contributed by atoms with Crippen molar-refractivity contribution in [2.24, 2.45) is 17.8 Å². The van der Waals surface area contributed by atoms with Crippen LogP contribution in [0.3, 0.4) is 0 Å². The van der Waals surface area contributed by atoms with Gasteiger partial charge in [0.15, 0.2) is 0 Å². The number of carbonyl (C=O) groups excluding carboxylic acids is 2. The van der Waals surface area contributed by atoms with E-state index >= 15 is 0 Å². The van der Waals surface area contributed by atoms with Crippen molar-refractivity contribution in [2.45, 2.75) is 91.1 Å². The number of halogens is 6. The molecule has 2 amide bonds. The number of hydrogen-bond donors (Lipinski definition) is 1. The summed E-state index contributed by atoms with van der Waals surface area (Å²) in [5.74, 6) is -3.62. The Kier molecular flexibility index (Phi) is 9.70. The summed E-state index contributed by atoms with van der Waals surface area (Å²) in [5.41, 5.74) is 1.78. The second kappa shape index (κ2) is 13.1. The van der Waals surface area contributed by atoms with E-state index < -0.39 is 58.7 Å². The maximum absolute atomic E-state index is 13.9. The SMILES string of the molecule is CCCC1=C2[C@@H](CC/C(=C/c3cc(C)c(O)c(C)c3)CCC)OC[C@@H]2[C@@H]2C(=O)N(c3cc(C(F)(F)F)cc(C(F)(F)F)c3)C(=O)[C@@H]2C1. The van der Waals surface area contributed by atoms with Gasteiger partial charge in [-0.3, -0.25) is 9.59 Å². The van der Waals surface area contributed by atoms with Crippen LogP contribution in [-0.2, 0) is 26.7 Å². The second-order valence-electron chi connectivity index (χ2n) is 12.9. The smallest absolute Gasteiger partial charge is 0.416 e. The minimum Gasteiger partial charge on any atom is -0.507 e. The Balaban J connectivity index is 1.44. The van der Waals surface area contributed by atoms with Crippen LogP contribution in [0.4, 0.5) is 32.0 Å². The number of hydrogen-bond acceptors (Lipinski definition) is 4. The van der Waals surface area contributed by atoms with E-state index in [1.54, 1.807) is 0 Å². The largest absolute Gasteiger partial charge is 0.507 e. The average molecular weight is 664 g/mol. The molecule has 1 N–H and O–H groups in total. The van der Waals surface area contributed by atoms with Crippen molar-refractivity contribution >= 4 is 23.6 Å². The summed E-state index contributed by atoms with van der Waals surface area (Å²) in [4.78, 5) is 28.1. The van der Waals surface area contributed by atoms with E-state index in [4.69, 9.17) is 4.74 Å². The first kappa shape index (κ1) is 34.7. The molecule has 0 unspecified atom stereocenters. The molecule has 254 valence electrons. The number of ether oxygens (including phenoxy) is 1. The van der Waals surface area contributed by atoms with Crippen molar-refractivity contribution < 1.29 is 45.8 Å². The number of aromatic hydroxyl groups is 1. The van der Waals surface area contributed by atoms with E-state index in [-0.39, 0.29) is 30.9 Å². The zero-order chi connectivity index (χ0) is 34.4. The summed E-state index contributed by atoms with van der Waals surface area (Å²) < 4.78 is 88.0. The topological polar surface area (TPSA) is 66.8 Å². The van der Waals surface area contributed by atoms with Gasteiger partial charge in [-0.05, 0) is 98.5 Å². The number of phenols is 1. The molecule has 47 heavy (non-hydrogen) atoms. The molecule has 0 spiro atoms. The minimum atomic E-state index is -5.12. The Morgan fingerprint density at radius 3 is 2.06 bits per heavy atom. The lowest BCUT2D eigenvalue weighted by Crippen LogP contribution is -2.34. The molecule has 5 rings (SSSR count). The highest BCUT2D eigenvalue weighted by molar-refractivity contribution is 6.22. The molecular weight excluding hydrogens is 624 g/mol. The highest BCUT2D eigenvalue weighted by atomic mass is 19.4. The first-order valence-electron chi connectivity index (χ1n) is 16.0. The molecule has 2 aliphatic heterocycles. The van der Waals surface area contributed by atoms with E-state index in [1.165, 1.54) is 5.57 Å². The monoisotopic (exact) mass is 663 g/mol. The van der Waals surface area contributed by atoms with Gasteiger partial charge in [-0.2, -0.15) is 26.3 Å². The number of aryl methyl sites for hydroxylation is 2. The number of allylic oxidation sites excluding steroid dienone is 2. The molecule has 2 fully saturated rings. The fourth-order valence-corrected chi connectivity index (χ4v) is 7.55. The van der Waals surface area contributed by atoms with E-state index in [2.05, 4.69) is 13.0 Å². The number of rotatable bonds is 9. The standard InChI is InChI=1S/C36H39F6NO4/c1-5-7-21(13-22-11-19(3)32(44)20(4)12-22)9-10-29-30-23(8-6-2)14-27-31(28(30)18-47-29)34(46)43(33(27)45)26-16-24(35(37,38)39)15-25(17-26)36(40,41)42/h11-13,15-17,27-29,31,44H,5-10,14,18H2,1-4H3/b21-13+/t27-,28+,29-,31-/m1/s1. The predicted octanol–water partition coefficient (Wildman–Crippen LogP) is 9.33. The van der Waals surface area contributed by atoms with E-state index in [9.17, 15) is 41.0 Å². The van der Waals surface area contributed by atoms with Crippen LogP contribution in [0.1, 0.15) is 86.6 Å². The average Bonchev–Trinajstić information content (AvgIpc) is 3.52. The molecule has 0 saturated carbocycles. The van der Waals surface area contributed by atoms with Crippen LogP contribution in [-0.4, -0.2) is 29.6 Å². The lowest BCUT2D eigenvalue weighted by Gasteiger charge is -2.32.